The Balaban J connectivity index is 1.84. The number of hydrogen-bond acceptors (Lipinski definition) is 4. The van der Waals surface area contributed by atoms with Crippen molar-refractivity contribution in [1.82, 2.24) is 0 Å². The van der Waals surface area contributed by atoms with Gasteiger partial charge in [-0.3, -0.25) is 14.9 Å². The van der Waals surface area contributed by atoms with E-state index in [2.05, 4.69) is 5.32 Å². The van der Waals surface area contributed by atoms with Crippen LogP contribution in [0.2, 0.25) is 10.0 Å². The standard InChI is InChI=1S/C17H9Cl2FN2O4/c18-11-2-1-3-13(16(11)20)21-17(23)15-7-6-14(26-15)10-5-4-9(22(24)25)8-12(10)19/h1-8H,(H,21,23). The first-order valence-electron chi connectivity index (χ1n) is 7.16. The van der Waals surface area contributed by atoms with Gasteiger partial charge in [0.1, 0.15) is 5.76 Å². The number of non-ortho nitro benzene ring substituents is 1. The molecule has 0 atom stereocenters. The van der Waals surface area contributed by atoms with Gasteiger partial charge in [0.15, 0.2) is 11.6 Å². The minimum absolute atomic E-state index is 0.0891. The van der Waals surface area contributed by atoms with Gasteiger partial charge in [-0.25, -0.2) is 4.39 Å². The Morgan fingerprint density at radius 2 is 1.88 bits per heavy atom. The lowest BCUT2D eigenvalue weighted by molar-refractivity contribution is -0.384. The topological polar surface area (TPSA) is 85.4 Å². The Labute approximate surface area is 156 Å². The van der Waals surface area contributed by atoms with E-state index in [9.17, 15) is 19.3 Å². The van der Waals surface area contributed by atoms with Crippen molar-refractivity contribution in [3.63, 3.8) is 0 Å². The van der Waals surface area contributed by atoms with Crippen LogP contribution in [0.4, 0.5) is 15.8 Å². The zero-order valence-corrected chi connectivity index (χ0v) is 14.3. The highest BCUT2D eigenvalue weighted by molar-refractivity contribution is 6.33. The van der Waals surface area contributed by atoms with E-state index in [1.165, 1.54) is 48.5 Å². The van der Waals surface area contributed by atoms with E-state index < -0.39 is 16.6 Å². The molecule has 9 heteroatoms. The molecule has 0 aliphatic rings. The summed E-state index contributed by atoms with van der Waals surface area (Å²) in [7, 11) is 0. The van der Waals surface area contributed by atoms with E-state index in [0.29, 0.717) is 5.56 Å². The van der Waals surface area contributed by atoms with Crippen molar-refractivity contribution < 1.29 is 18.5 Å². The number of hydrogen-bond donors (Lipinski definition) is 1. The van der Waals surface area contributed by atoms with E-state index in [1.807, 2.05) is 0 Å². The summed E-state index contributed by atoms with van der Waals surface area (Å²) in [6.45, 7) is 0. The van der Waals surface area contributed by atoms with Crippen molar-refractivity contribution >= 4 is 40.5 Å². The molecule has 132 valence electrons. The minimum atomic E-state index is -0.757. The van der Waals surface area contributed by atoms with Crippen molar-refractivity contribution in [3.05, 3.63) is 80.3 Å². The third-order valence-electron chi connectivity index (χ3n) is 3.46. The number of nitro groups is 1. The Hall–Kier alpha value is -2.90. The number of anilines is 1. The predicted octanol–water partition coefficient (Wildman–Crippen LogP) is 5.55. The summed E-state index contributed by atoms with van der Waals surface area (Å²) in [5.41, 5.74) is 0.124. The lowest BCUT2D eigenvalue weighted by Crippen LogP contribution is -2.12. The van der Waals surface area contributed by atoms with Crippen LogP contribution in [0.1, 0.15) is 10.6 Å². The Kier molecular flexibility index (Phi) is 4.92. The molecule has 1 aromatic heterocycles. The van der Waals surface area contributed by atoms with Gasteiger partial charge < -0.3 is 9.73 Å². The van der Waals surface area contributed by atoms with Crippen LogP contribution in [0.5, 0.6) is 0 Å². The maximum absolute atomic E-state index is 13.9. The smallest absolute Gasteiger partial charge is 0.291 e. The van der Waals surface area contributed by atoms with Gasteiger partial charge in [0.25, 0.3) is 11.6 Å². The van der Waals surface area contributed by atoms with Crippen LogP contribution in [0.25, 0.3) is 11.3 Å². The van der Waals surface area contributed by atoms with Crippen LogP contribution in [0.15, 0.2) is 52.9 Å². The van der Waals surface area contributed by atoms with Crippen LogP contribution in [0, 0.1) is 15.9 Å². The highest BCUT2D eigenvalue weighted by Crippen LogP contribution is 2.32. The molecule has 0 bridgehead atoms. The summed E-state index contributed by atoms with van der Waals surface area (Å²) >= 11 is 11.7. The second kappa shape index (κ2) is 7.15. The predicted molar refractivity (Wildman–Crippen MR) is 95.2 cm³/mol. The SMILES string of the molecule is O=C(Nc1cccc(Cl)c1F)c1ccc(-c2ccc([N+](=O)[O-])cc2Cl)o1. The number of amides is 1. The van der Waals surface area contributed by atoms with Crippen LogP contribution in [0.3, 0.4) is 0 Å². The Morgan fingerprint density at radius 3 is 2.58 bits per heavy atom. The second-order valence-electron chi connectivity index (χ2n) is 5.14. The zero-order chi connectivity index (χ0) is 18.8. The summed E-state index contributed by atoms with van der Waals surface area (Å²) in [5, 5.41) is 13.1. The van der Waals surface area contributed by atoms with Crippen LogP contribution < -0.4 is 5.32 Å². The van der Waals surface area contributed by atoms with Gasteiger partial charge in [0.2, 0.25) is 0 Å². The van der Waals surface area contributed by atoms with Gasteiger partial charge in [-0.2, -0.15) is 0 Å². The van der Waals surface area contributed by atoms with Crippen molar-refractivity contribution in [2.24, 2.45) is 0 Å². The molecule has 1 N–H and O–H groups in total. The van der Waals surface area contributed by atoms with Gasteiger partial charge in [0.05, 0.1) is 20.7 Å². The van der Waals surface area contributed by atoms with Gasteiger partial charge >= 0.3 is 0 Å². The Bertz CT molecular complexity index is 1020. The van der Waals surface area contributed by atoms with Crippen molar-refractivity contribution in [2.75, 3.05) is 5.32 Å². The maximum atomic E-state index is 13.9. The van der Waals surface area contributed by atoms with Crippen LogP contribution in [-0.4, -0.2) is 10.8 Å². The molecule has 3 rings (SSSR count). The molecule has 0 saturated heterocycles. The molecule has 2 aromatic carbocycles. The largest absolute Gasteiger partial charge is 0.451 e. The first-order chi connectivity index (χ1) is 12.4. The molecule has 0 fully saturated rings. The quantitative estimate of drug-likeness (QED) is 0.463. The summed E-state index contributed by atoms with van der Waals surface area (Å²) in [6, 6.07) is 10.9. The van der Waals surface area contributed by atoms with E-state index in [-0.39, 0.29) is 32.9 Å². The zero-order valence-electron chi connectivity index (χ0n) is 12.8. The van der Waals surface area contributed by atoms with Gasteiger partial charge in [0, 0.05) is 17.7 Å². The molecule has 26 heavy (non-hydrogen) atoms. The summed E-state index contributed by atoms with van der Waals surface area (Å²) in [6.07, 6.45) is 0. The first kappa shape index (κ1) is 17.9. The monoisotopic (exact) mass is 394 g/mol. The van der Waals surface area contributed by atoms with Gasteiger partial charge in [-0.15, -0.1) is 0 Å². The highest BCUT2D eigenvalue weighted by atomic mass is 35.5. The molecule has 6 nitrogen and oxygen atoms in total. The van der Waals surface area contributed by atoms with Crippen molar-refractivity contribution in [3.8, 4) is 11.3 Å². The molecule has 0 unspecified atom stereocenters. The normalized spacial score (nSPS) is 10.6. The number of benzene rings is 2. The van der Waals surface area contributed by atoms with E-state index in [0.717, 1.165) is 0 Å². The van der Waals surface area contributed by atoms with Gasteiger partial charge in [-0.05, 0) is 30.3 Å². The average Bonchev–Trinajstić information content (AvgIpc) is 3.08. The summed E-state index contributed by atoms with van der Waals surface area (Å²) < 4.78 is 19.3. The number of furan rings is 1. The molecule has 0 aliphatic carbocycles. The fourth-order valence-electron chi connectivity index (χ4n) is 2.21. The summed E-state index contributed by atoms with van der Waals surface area (Å²) in [4.78, 5) is 22.4. The minimum Gasteiger partial charge on any atom is -0.451 e. The van der Waals surface area contributed by atoms with Crippen molar-refractivity contribution in [1.29, 1.82) is 0 Å². The number of nitrogens with zero attached hydrogens (tertiary/aromatic N) is 1. The maximum Gasteiger partial charge on any atom is 0.291 e. The number of halogens is 3. The number of carbonyl (C=O) groups is 1. The average molecular weight is 395 g/mol. The molecule has 1 heterocycles. The highest BCUT2D eigenvalue weighted by Gasteiger charge is 2.18. The van der Waals surface area contributed by atoms with Crippen LogP contribution >= 0.6 is 23.2 Å². The number of nitro benzene ring substituents is 1. The number of carbonyl (C=O) groups excluding carboxylic acids is 1. The molecule has 0 radical (unpaired) electrons. The molecule has 0 saturated carbocycles. The van der Waals surface area contributed by atoms with E-state index >= 15 is 0 Å². The molecule has 0 aliphatic heterocycles. The molecule has 1 amide bonds. The fraction of sp³-hybridized carbons (Fsp3) is 0. The molecular weight excluding hydrogens is 386 g/mol. The van der Waals surface area contributed by atoms with Crippen molar-refractivity contribution in [2.45, 2.75) is 0 Å². The number of rotatable bonds is 4. The van der Waals surface area contributed by atoms with Crippen LogP contribution in [-0.2, 0) is 0 Å². The summed E-state index contributed by atoms with van der Waals surface area (Å²) in [5.74, 6) is -1.29. The number of nitrogens with one attached hydrogen (secondary N) is 1. The first-order valence-corrected chi connectivity index (χ1v) is 7.92. The second-order valence-corrected chi connectivity index (χ2v) is 5.96. The third kappa shape index (κ3) is 3.54. The lowest BCUT2D eigenvalue weighted by atomic mass is 10.1. The lowest BCUT2D eigenvalue weighted by Gasteiger charge is -2.05. The molecular formula is C17H9Cl2FN2O4. The third-order valence-corrected chi connectivity index (χ3v) is 4.06. The van der Waals surface area contributed by atoms with E-state index in [1.54, 1.807) is 0 Å². The molecule has 0 spiro atoms. The Morgan fingerprint density at radius 1 is 1.12 bits per heavy atom. The van der Waals surface area contributed by atoms with Gasteiger partial charge in [-0.1, -0.05) is 29.3 Å². The van der Waals surface area contributed by atoms with E-state index in [4.69, 9.17) is 27.6 Å². The molecule has 3 aromatic rings. The fourth-order valence-corrected chi connectivity index (χ4v) is 2.65.